The fraction of sp³-hybridized carbons (Fsp3) is 0.133. The molecule has 6 heteroatoms. The third kappa shape index (κ3) is 3.86. The molecule has 21 heavy (non-hydrogen) atoms. The lowest BCUT2D eigenvalue weighted by Gasteiger charge is -2.11. The summed E-state index contributed by atoms with van der Waals surface area (Å²) in [5.74, 6) is 0.499. The second-order valence-corrected chi connectivity index (χ2v) is 4.74. The third-order valence-electron chi connectivity index (χ3n) is 2.83. The predicted octanol–water partition coefficient (Wildman–Crippen LogP) is 3.35. The second kappa shape index (κ2) is 6.45. The minimum atomic E-state index is -0.381. The predicted molar refractivity (Wildman–Crippen MR) is 79.8 cm³/mol. The molecule has 0 aliphatic rings. The zero-order valence-electron chi connectivity index (χ0n) is 11.3. The highest BCUT2D eigenvalue weighted by Gasteiger charge is 2.07. The van der Waals surface area contributed by atoms with E-state index in [1.165, 1.54) is 25.3 Å². The maximum atomic E-state index is 13.2. The average molecular weight is 309 g/mol. The van der Waals surface area contributed by atoms with Gasteiger partial charge in [0.25, 0.3) is 0 Å². The topological polar surface area (TPSA) is 68.3 Å². The molecule has 0 saturated heterocycles. The molecule has 0 spiro atoms. The molecule has 0 heterocycles. The van der Waals surface area contributed by atoms with Gasteiger partial charge in [-0.15, -0.1) is 0 Å². The van der Waals surface area contributed by atoms with Crippen molar-refractivity contribution >= 4 is 17.4 Å². The molecule has 110 valence electrons. The molecule has 0 aromatic heterocycles. The number of nitrogens with one attached hydrogen (secondary N) is 1. The standard InChI is InChI=1S/C15H14ClFN2O2/c1-20-12-5-9(15(18)19)6-13(7-12)21-8-10-4-11(17)2-3-14(10)16/h2-7H,8H2,1H3,(H3,18,19). The number of amidine groups is 1. The lowest BCUT2D eigenvalue weighted by atomic mass is 10.2. The fourth-order valence-corrected chi connectivity index (χ4v) is 1.92. The summed E-state index contributed by atoms with van der Waals surface area (Å²) in [5.41, 5.74) is 6.47. The Morgan fingerprint density at radius 3 is 2.62 bits per heavy atom. The first-order valence-corrected chi connectivity index (χ1v) is 6.47. The smallest absolute Gasteiger partial charge is 0.124 e. The number of hydrogen-bond acceptors (Lipinski definition) is 3. The van der Waals surface area contributed by atoms with Crippen molar-refractivity contribution in [1.29, 1.82) is 5.41 Å². The Morgan fingerprint density at radius 1 is 1.24 bits per heavy atom. The van der Waals surface area contributed by atoms with Crippen molar-refractivity contribution in [3.8, 4) is 11.5 Å². The van der Waals surface area contributed by atoms with Gasteiger partial charge in [-0.25, -0.2) is 4.39 Å². The number of ether oxygens (including phenoxy) is 2. The highest BCUT2D eigenvalue weighted by molar-refractivity contribution is 6.31. The zero-order chi connectivity index (χ0) is 15.4. The molecule has 4 nitrogen and oxygen atoms in total. The van der Waals surface area contributed by atoms with Crippen LogP contribution in [0.1, 0.15) is 11.1 Å². The summed E-state index contributed by atoms with van der Waals surface area (Å²) in [6, 6.07) is 8.96. The maximum absolute atomic E-state index is 13.2. The molecule has 2 aromatic rings. The van der Waals surface area contributed by atoms with Crippen LogP contribution >= 0.6 is 11.6 Å². The number of nitrogen functional groups attached to an aromatic ring is 1. The number of methoxy groups -OCH3 is 1. The van der Waals surface area contributed by atoms with Crippen LogP contribution in [0.2, 0.25) is 5.02 Å². The molecule has 3 N–H and O–H groups in total. The molecule has 0 bridgehead atoms. The molecule has 0 fully saturated rings. The van der Waals surface area contributed by atoms with Crippen LogP contribution in [0, 0.1) is 11.2 Å². The summed E-state index contributed by atoms with van der Waals surface area (Å²) >= 11 is 5.98. The summed E-state index contributed by atoms with van der Waals surface area (Å²) in [5, 5.41) is 7.88. The summed E-state index contributed by atoms with van der Waals surface area (Å²) < 4.78 is 23.9. The summed E-state index contributed by atoms with van der Waals surface area (Å²) in [6.07, 6.45) is 0. The molecule has 0 amide bonds. The van der Waals surface area contributed by atoms with E-state index in [-0.39, 0.29) is 18.3 Å². The van der Waals surface area contributed by atoms with E-state index in [2.05, 4.69) is 0 Å². The van der Waals surface area contributed by atoms with Gasteiger partial charge in [0, 0.05) is 22.2 Å². The number of nitrogens with two attached hydrogens (primary N) is 1. The lowest BCUT2D eigenvalue weighted by molar-refractivity contribution is 0.303. The minimum absolute atomic E-state index is 0.0949. The van der Waals surface area contributed by atoms with Gasteiger partial charge in [-0.2, -0.15) is 0 Å². The average Bonchev–Trinajstić information content (AvgIpc) is 2.47. The number of halogens is 2. The van der Waals surface area contributed by atoms with E-state index in [9.17, 15) is 4.39 Å². The number of hydrogen-bond donors (Lipinski definition) is 2. The summed E-state index contributed by atoms with van der Waals surface area (Å²) in [7, 11) is 1.51. The normalized spacial score (nSPS) is 10.2. The first-order valence-electron chi connectivity index (χ1n) is 6.10. The maximum Gasteiger partial charge on any atom is 0.124 e. The largest absolute Gasteiger partial charge is 0.497 e. The quantitative estimate of drug-likeness (QED) is 0.657. The van der Waals surface area contributed by atoms with Crippen molar-refractivity contribution in [1.82, 2.24) is 0 Å². The third-order valence-corrected chi connectivity index (χ3v) is 3.20. The van der Waals surface area contributed by atoms with Crippen molar-refractivity contribution in [3.63, 3.8) is 0 Å². The Balaban J connectivity index is 2.21. The SMILES string of the molecule is COc1cc(OCc2cc(F)ccc2Cl)cc(C(=N)N)c1. The van der Waals surface area contributed by atoms with Gasteiger partial charge in [0.1, 0.15) is 29.8 Å². The summed E-state index contributed by atoms with van der Waals surface area (Å²) in [6.45, 7) is 0.0983. The minimum Gasteiger partial charge on any atom is -0.497 e. The van der Waals surface area contributed by atoms with Crippen molar-refractivity contribution in [3.05, 3.63) is 58.4 Å². The molecule has 0 atom stereocenters. The van der Waals surface area contributed by atoms with Gasteiger partial charge in [-0.05, 0) is 30.3 Å². The van der Waals surface area contributed by atoms with Gasteiger partial charge >= 0.3 is 0 Å². The van der Waals surface area contributed by atoms with Crippen LogP contribution in [0.3, 0.4) is 0 Å². The van der Waals surface area contributed by atoms with Crippen molar-refractivity contribution in [2.75, 3.05) is 7.11 Å². The highest BCUT2D eigenvalue weighted by atomic mass is 35.5. The van der Waals surface area contributed by atoms with Crippen LogP contribution in [0.5, 0.6) is 11.5 Å². The second-order valence-electron chi connectivity index (χ2n) is 4.34. The van der Waals surface area contributed by atoms with E-state index in [0.717, 1.165) is 0 Å². The van der Waals surface area contributed by atoms with E-state index in [1.54, 1.807) is 18.2 Å². The van der Waals surface area contributed by atoms with Crippen LogP contribution in [0.15, 0.2) is 36.4 Å². The lowest BCUT2D eigenvalue weighted by Crippen LogP contribution is -2.11. The molecule has 2 aromatic carbocycles. The highest BCUT2D eigenvalue weighted by Crippen LogP contribution is 2.25. The molecule has 0 saturated carbocycles. The van der Waals surface area contributed by atoms with Crippen molar-refractivity contribution in [2.24, 2.45) is 5.73 Å². The Kier molecular flexibility index (Phi) is 4.65. The molecule has 0 aliphatic heterocycles. The van der Waals surface area contributed by atoms with Gasteiger partial charge < -0.3 is 15.2 Å². The Labute approximate surface area is 126 Å². The van der Waals surface area contributed by atoms with Gasteiger partial charge in [0.15, 0.2) is 0 Å². The number of benzene rings is 2. The Hall–Kier alpha value is -2.27. The monoisotopic (exact) mass is 308 g/mol. The zero-order valence-corrected chi connectivity index (χ0v) is 12.1. The first kappa shape index (κ1) is 15.1. The van der Waals surface area contributed by atoms with Crippen LogP contribution in [-0.4, -0.2) is 12.9 Å². The molecular formula is C15H14ClFN2O2. The van der Waals surface area contributed by atoms with Crippen LogP contribution in [0.25, 0.3) is 0 Å². The molecule has 2 rings (SSSR count). The van der Waals surface area contributed by atoms with E-state index in [1.807, 2.05) is 0 Å². The Morgan fingerprint density at radius 2 is 1.95 bits per heavy atom. The van der Waals surface area contributed by atoms with Crippen molar-refractivity contribution < 1.29 is 13.9 Å². The first-order chi connectivity index (χ1) is 9.99. The van der Waals surface area contributed by atoms with Crippen molar-refractivity contribution in [2.45, 2.75) is 6.61 Å². The molecular weight excluding hydrogens is 295 g/mol. The Bertz CT molecular complexity index is 677. The van der Waals surface area contributed by atoms with E-state index in [0.29, 0.717) is 27.6 Å². The van der Waals surface area contributed by atoms with Crippen LogP contribution in [-0.2, 0) is 6.61 Å². The molecule has 0 radical (unpaired) electrons. The molecule has 0 aliphatic carbocycles. The van der Waals surface area contributed by atoms with Gasteiger partial charge in [0.2, 0.25) is 0 Å². The van der Waals surface area contributed by atoms with Crippen LogP contribution in [0.4, 0.5) is 4.39 Å². The fourth-order valence-electron chi connectivity index (χ4n) is 1.74. The van der Waals surface area contributed by atoms with E-state index >= 15 is 0 Å². The van der Waals surface area contributed by atoms with E-state index < -0.39 is 0 Å². The van der Waals surface area contributed by atoms with Gasteiger partial charge in [-0.1, -0.05) is 11.6 Å². The van der Waals surface area contributed by atoms with Crippen LogP contribution < -0.4 is 15.2 Å². The van der Waals surface area contributed by atoms with Gasteiger partial charge in [0.05, 0.1) is 7.11 Å². The summed E-state index contributed by atoms with van der Waals surface area (Å²) in [4.78, 5) is 0. The molecule has 0 unspecified atom stereocenters. The number of rotatable bonds is 5. The van der Waals surface area contributed by atoms with E-state index in [4.69, 9.17) is 32.2 Å². The van der Waals surface area contributed by atoms with Gasteiger partial charge in [-0.3, -0.25) is 5.41 Å².